The van der Waals surface area contributed by atoms with E-state index in [1.54, 1.807) is 12.1 Å². The zero-order valence-corrected chi connectivity index (χ0v) is 10.4. The maximum Gasteiger partial charge on any atom is 0.156 e. The summed E-state index contributed by atoms with van der Waals surface area (Å²) >= 11 is 0. The van der Waals surface area contributed by atoms with Crippen molar-refractivity contribution in [3.63, 3.8) is 0 Å². The van der Waals surface area contributed by atoms with Gasteiger partial charge in [0.1, 0.15) is 17.3 Å². The Kier molecular flexibility index (Phi) is 2.99. The molecule has 0 spiro atoms. The van der Waals surface area contributed by atoms with Crippen LogP contribution in [0.4, 0.5) is 14.5 Å². The molecular formula is C16H11F2NO. The molecule has 20 heavy (non-hydrogen) atoms. The molecule has 0 aliphatic carbocycles. The Morgan fingerprint density at radius 1 is 0.850 bits per heavy atom. The first-order chi connectivity index (χ1) is 9.63. The standard InChI is InChI=1S/C16H11F2NO/c17-12-8-14(18)16(19)15(9-12)20-13-6-5-10-3-1-2-4-11(10)7-13/h1-9H,19H2. The normalized spacial score (nSPS) is 10.7. The van der Waals surface area contributed by atoms with Crippen molar-refractivity contribution < 1.29 is 13.5 Å². The van der Waals surface area contributed by atoms with Gasteiger partial charge in [0.25, 0.3) is 0 Å². The number of benzene rings is 3. The molecule has 0 bridgehead atoms. The molecule has 3 aromatic rings. The average Bonchev–Trinajstić information content (AvgIpc) is 2.44. The predicted octanol–water partition coefficient (Wildman–Crippen LogP) is 4.49. The van der Waals surface area contributed by atoms with Crippen molar-refractivity contribution in [2.75, 3.05) is 5.73 Å². The molecule has 0 heterocycles. The average molecular weight is 271 g/mol. The van der Waals surface area contributed by atoms with Crippen LogP contribution in [0.15, 0.2) is 54.6 Å². The molecule has 2 nitrogen and oxygen atoms in total. The lowest BCUT2D eigenvalue weighted by Gasteiger charge is -2.10. The van der Waals surface area contributed by atoms with Gasteiger partial charge in [0.05, 0.1) is 0 Å². The van der Waals surface area contributed by atoms with E-state index in [-0.39, 0.29) is 11.4 Å². The van der Waals surface area contributed by atoms with Crippen molar-refractivity contribution >= 4 is 16.5 Å². The van der Waals surface area contributed by atoms with Crippen LogP contribution in [0, 0.1) is 11.6 Å². The fraction of sp³-hybridized carbons (Fsp3) is 0. The second-order valence-electron chi connectivity index (χ2n) is 4.41. The number of nitrogen functional groups attached to an aromatic ring is 1. The third-order valence-corrected chi connectivity index (χ3v) is 3.01. The molecule has 0 aliphatic heterocycles. The van der Waals surface area contributed by atoms with Crippen molar-refractivity contribution in [3.8, 4) is 11.5 Å². The Bertz CT molecular complexity index is 787. The molecule has 0 saturated heterocycles. The lowest BCUT2D eigenvalue weighted by atomic mass is 10.1. The molecule has 0 amide bonds. The molecule has 2 N–H and O–H groups in total. The number of ether oxygens (including phenoxy) is 1. The quantitative estimate of drug-likeness (QED) is 0.697. The lowest BCUT2D eigenvalue weighted by Crippen LogP contribution is -1.97. The predicted molar refractivity (Wildman–Crippen MR) is 74.8 cm³/mol. The van der Waals surface area contributed by atoms with Gasteiger partial charge in [-0.25, -0.2) is 8.78 Å². The largest absolute Gasteiger partial charge is 0.455 e. The first-order valence-electron chi connectivity index (χ1n) is 6.04. The third kappa shape index (κ3) is 2.28. The number of fused-ring (bicyclic) bond motifs is 1. The Balaban J connectivity index is 2.01. The summed E-state index contributed by atoms with van der Waals surface area (Å²) in [4.78, 5) is 0. The number of anilines is 1. The van der Waals surface area contributed by atoms with Gasteiger partial charge in [-0.2, -0.15) is 0 Å². The van der Waals surface area contributed by atoms with E-state index >= 15 is 0 Å². The Labute approximate surface area is 114 Å². The SMILES string of the molecule is Nc1c(F)cc(F)cc1Oc1ccc2ccccc2c1. The summed E-state index contributed by atoms with van der Waals surface area (Å²) in [6, 6.07) is 14.9. The van der Waals surface area contributed by atoms with Crippen LogP contribution in [0.5, 0.6) is 11.5 Å². The van der Waals surface area contributed by atoms with Crippen LogP contribution in [0.3, 0.4) is 0 Å². The molecule has 4 heteroatoms. The highest BCUT2D eigenvalue weighted by Crippen LogP contribution is 2.31. The van der Waals surface area contributed by atoms with E-state index in [1.165, 1.54) is 0 Å². The number of rotatable bonds is 2. The number of halogens is 2. The van der Waals surface area contributed by atoms with Crippen molar-refractivity contribution in [3.05, 3.63) is 66.2 Å². The molecule has 0 radical (unpaired) electrons. The highest BCUT2D eigenvalue weighted by molar-refractivity contribution is 5.83. The highest BCUT2D eigenvalue weighted by atomic mass is 19.1. The Morgan fingerprint density at radius 2 is 1.60 bits per heavy atom. The Hall–Kier alpha value is -2.62. The topological polar surface area (TPSA) is 35.2 Å². The fourth-order valence-corrected chi connectivity index (χ4v) is 2.00. The molecule has 0 fully saturated rings. The first kappa shape index (κ1) is 12.4. The number of hydrogen-bond donors (Lipinski definition) is 1. The van der Waals surface area contributed by atoms with Gasteiger partial charge in [-0.05, 0) is 22.9 Å². The zero-order valence-electron chi connectivity index (χ0n) is 10.4. The van der Waals surface area contributed by atoms with Gasteiger partial charge < -0.3 is 10.5 Å². The van der Waals surface area contributed by atoms with E-state index in [0.717, 1.165) is 22.9 Å². The van der Waals surface area contributed by atoms with Gasteiger partial charge >= 0.3 is 0 Å². The van der Waals surface area contributed by atoms with Gasteiger partial charge in [0.2, 0.25) is 0 Å². The highest BCUT2D eigenvalue weighted by Gasteiger charge is 2.10. The third-order valence-electron chi connectivity index (χ3n) is 3.01. The monoisotopic (exact) mass is 271 g/mol. The van der Waals surface area contributed by atoms with Crippen LogP contribution >= 0.6 is 0 Å². The summed E-state index contributed by atoms with van der Waals surface area (Å²) in [7, 11) is 0. The molecule has 100 valence electrons. The van der Waals surface area contributed by atoms with Gasteiger partial charge in [-0.15, -0.1) is 0 Å². The summed E-state index contributed by atoms with van der Waals surface area (Å²) in [5, 5.41) is 2.03. The maximum atomic E-state index is 13.4. The van der Waals surface area contributed by atoms with Crippen molar-refractivity contribution in [2.24, 2.45) is 0 Å². The Morgan fingerprint density at radius 3 is 2.40 bits per heavy atom. The second-order valence-corrected chi connectivity index (χ2v) is 4.41. The minimum atomic E-state index is -0.833. The zero-order chi connectivity index (χ0) is 14.1. The van der Waals surface area contributed by atoms with E-state index < -0.39 is 11.6 Å². The molecule has 3 aromatic carbocycles. The van der Waals surface area contributed by atoms with Gasteiger partial charge in [0, 0.05) is 12.1 Å². The van der Waals surface area contributed by atoms with E-state index in [1.807, 2.05) is 30.3 Å². The molecule has 3 rings (SSSR count). The minimum absolute atomic E-state index is 0.0298. The summed E-state index contributed by atoms with van der Waals surface area (Å²) < 4.78 is 32.0. The molecular weight excluding hydrogens is 260 g/mol. The molecule has 0 atom stereocenters. The van der Waals surface area contributed by atoms with Crippen LogP contribution < -0.4 is 10.5 Å². The van der Waals surface area contributed by atoms with Crippen LogP contribution in [0.2, 0.25) is 0 Å². The van der Waals surface area contributed by atoms with Crippen molar-refractivity contribution in [1.29, 1.82) is 0 Å². The smallest absolute Gasteiger partial charge is 0.156 e. The summed E-state index contributed by atoms with van der Waals surface area (Å²) in [5.41, 5.74) is 5.34. The second kappa shape index (κ2) is 4.81. The van der Waals surface area contributed by atoms with Crippen LogP contribution in [-0.4, -0.2) is 0 Å². The van der Waals surface area contributed by atoms with E-state index in [0.29, 0.717) is 5.75 Å². The number of nitrogens with two attached hydrogens (primary N) is 1. The van der Waals surface area contributed by atoms with E-state index in [9.17, 15) is 8.78 Å². The minimum Gasteiger partial charge on any atom is -0.455 e. The molecule has 0 aromatic heterocycles. The van der Waals surface area contributed by atoms with Gasteiger partial charge in [-0.1, -0.05) is 30.3 Å². The van der Waals surface area contributed by atoms with E-state index in [4.69, 9.17) is 10.5 Å². The molecule has 0 aliphatic rings. The van der Waals surface area contributed by atoms with E-state index in [2.05, 4.69) is 0 Å². The van der Waals surface area contributed by atoms with Crippen molar-refractivity contribution in [1.82, 2.24) is 0 Å². The summed E-state index contributed by atoms with van der Waals surface area (Å²) in [6.07, 6.45) is 0. The molecule has 0 unspecified atom stereocenters. The van der Waals surface area contributed by atoms with Crippen LogP contribution in [0.1, 0.15) is 0 Å². The number of hydrogen-bond acceptors (Lipinski definition) is 2. The fourth-order valence-electron chi connectivity index (χ4n) is 2.00. The maximum absolute atomic E-state index is 13.4. The molecule has 0 saturated carbocycles. The lowest BCUT2D eigenvalue weighted by molar-refractivity contribution is 0.472. The van der Waals surface area contributed by atoms with Gasteiger partial charge in [0.15, 0.2) is 11.6 Å². The van der Waals surface area contributed by atoms with Crippen LogP contribution in [0.25, 0.3) is 10.8 Å². The first-order valence-corrected chi connectivity index (χ1v) is 6.04. The summed E-state index contributed by atoms with van der Waals surface area (Å²) in [5.74, 6) is -1.12. The van der Waals surface area contributed by atoms with Gasteiger partial charge in [-0.3, -0.25) is 0 Å². The van der Waals surface area contributed by atoms with Crippen molar-refractivity contribution in [2.45, 2.75) is 0 Å². The summed E-state index contributed by atoms with van der Waals surface area (Å²) in [6.45, 7) is 0. The van der Waals surface area contributed by atoms with Crippen LogP contribution in [-0.2, 0) is 0 Å².